The zero-order valence-corrected chi connectivity index (χ0v) is 12.9. The highest BCUT2D eigenvalue weighted by Crippen LogP contribution is 2.28. The molecule has 1 fully saturated rings. The van der Waals surface area contributed by atoms with Gasteiger partial charge in [-0.1, -0.05) is 6.07 Å². The van der Waals surface area contributed by atoms with Crippen LogP contribution in [0.5, 0.6) is 0 Å². The second-order valence-electron chi connectivity index (χ2n) is 5.29. The Morgan fingerprint density at radius 1 is 1.46 bits per heavy atom. The molecule has 1 aromatic heterocycles. The van der Waals surface area contributed by atoms with E-state index in [9.17, 15) is 9.18 Å². The molecular formula is C17H17FN4O2. The zero-order valence-electron chi connectivity index (χ0n) is 12.9. The first-order valence-electron chi connectivity index (χ1n) is 7.47. The normalized spacial score (nSPS) is 17.3. The van der Waals surface area contributed by atoms with E-state index >= 15 is 0 Å². The summed E-state index contributed by atoms with van der Waals surface area (Å²) in [6.45, 7) is 0.780. The third kappa shape index (κ3) is 3.29. The quantitative estimate of drug-likeness (QED) is 0.880. The van der Waals surface area contributed by atoms with Gasteiger partial charge >= 0.3 is 6.09 Å². The lowest BCUT2D eigenvalue weighted by molar-refractivity contribution is 0.142. The molecule has 1 aliphatic heterocycles. The lowest BCUT2D eigenvalue weighted by Crippen LogP contribution is -2.28. The number of benzene rings is 1. The van der Waals surface area contributed by atoms with E-state index < -0.39 is 11.9 Å². The maximum absolute atomic E-state index is 14.4. The minimum absolute atomic E-state index is 0.324. The number of anilines is 1. The van der Waals surface area contributed by atoms with Crippen LogP contribution in [0.2, 0.25) is 0 Å². The van der Waals surface area contributed by atoms with Crippen LogP contribution in [0.4, 0.5) is 14.9 Å². The summed E-state index contributed by atoms with van der Waals surface area (Å²) in [7, 11) is 0. The van der Waals surface area contributed by atoms with Crippen molar-refractivity contribution in [3.05, 3.63) is 60.9 Å². The Bertz CT molecular complexity index is 752. The van der Waals surface area contributed by atoms with E-state index in [0.29, 0.717) is 29.9 Å². The topological polar surface area (TPSA) is 80.5 Å². The number of aromatic nitrogens is 1. The Morgan fingerprint density at radius 3 is 3.04 bits per heavy atom. The Kier molecular flexibility index (Phi) is 4.60. The number of pyridine rings is 1. The lowest BCUT2D eigenvalue weighted by Gasteiger charge is -2.14. The van der Waals surface area contributed by atoms with Crippen LogP contribution in [0.25, 0.3) is 11.1 Å². The molecule has 1 aliphatic rings. The molecule has 24 heavy (non-hydrogen) atoms. The molecule has 1 amide bonds. The second-order valence-corrected chi connectivity index (χ2v) is 5.29. The third-order valence-electron chi connectivity index (χ3n) is 3.67. The maximum atomic E-state index is 14.4. The number of amides is 1. The summed E-state index contributed by atoms with van der Waals surface area (Å²) in [5, 5.41) is 2.92. The summed E-state index contributed by atoms with van der Waals surface area (Å²) in [5.41, 5.74) is 6.81. The molecular weight excluding hydrogens is 311 g/mol. The third-order valence-corrected chi connectivity index (χ3v) is 3.67. The van der Waals surface area contributed by atoms with Gasteiger partial charge in [-0.15, -0.1) is 0 Å². The van der Waals surface area contributed by atoms with Gasteiger partial charge in [-0.2, -0.15) is 0 Å². The van der Waals surface area contributed by atoms with Gasteiger partial charge in [-0.05, 0) is 24.3 Å². The number of carbonyl (C=O) groups is 1. The van der Waals surface area contributed by atoms with Gasteiger partial charge < -0.3 is 15.8 Å². The molecule has 2 aromatic rings. The number of carbonyl (C=O) groups excluding carboxylic acids is 1. The summed E-state index contributed by atoms with van der Waals surface area (Å²) in [6.07, 6.45) is 5.33. The molecule has 6 nitrogen and oxygen atoms in total. The highest BCUT2D eigenvalue weighted by molar-refractivity contribution is 5.90. The Hall–Kier alpha value is -3.09. The molecule has 3 rings (SSSR count). The van der Waals surface area contributed by atoms with Crippen molar-refractivity contribution >= 4 is 11.8 Å². The number of nitrogens with one attached hydrogen (secondary N) is 1. The van der Waals surface area contributed by atoms with Crippen LogP contribution in [0.1, 0.15) is 0 Å². The van der Waals surface area contributed by atoms with Crippen molar-refractivity contribution in [3.8, 4) is 11.1 Å². The fourth-order valence-corrected chi connectivity index (χ4v) is 2.53. The number of halogens is 1. The molecule has 1 saturated heterocycles. The number of nitrogens with zero attached hydrogens (tertiary/aromatic N) is 2. The average Bonchev–Trinajstić information content (AvgIpc) is 2.96. The molecule has 0 saturated carbocycles. The summed E-state index contributed by atoms with van der Waals surface area (Å²) in [6, 6.07) is 8.19. The van der Waals surface area contributed by atoms with Crippen LogP contribution in [-0.4, -0.2) is 30.3 Å². The smallest absolute Gasteiger partial charge is 0.414 e. The van der Waals surface area contributed by atoms with E-state index in [0.717, 1.165) is 0 Å². The molecule has 0 bridgehead atoms. The van der Waals surface area contributed by atoms with Crippen LogP contribution in [0.3, 0.4) is 0 Å². The van der Waals surface area contributed by atoms with E-state index in [1.807, 2.05) is 0 Å². The van der Waals surface area contributed by atoms with Crippen molar-refractivity contribution in [1.82, 2.24) is 10.3 Å². The number of nitrogens with two attached hydrogens (primary N) is 1. The lowest BCUT2D eigenvalue weighted by atomic mass is 10.1. The van der Waals surface area contributed by atoms with E-state index in [1.54, 1.807) is 42.9 Å². The van der Waals surface area contributed by atoms with Crippen molar-refractivity contribution in [2.45, 2.75) is 6.10 Å². The van der Waals surface area contributed by atoms with Gasteiger partial charge in [0.2, 0.25) is 0 Å². The Labute approximate surface area is 138 Å². The van der Waals surface area contributed by atoms with Crippen molar-refractivity contribution in [1.29, 1.82) is 0 Å². The highest BCUT2D eigenvalue weighted by atomic mass is 19.1. The summed E-state index contributed by atoms with van der Waals surface area (Å²) in [5.74, 6) is -0.416. The SMILES string of the molecule is N/C=C\NCC1CN(c2ccc(-c3cccnc3)c(F)c2)C(=O)O1. The van der Waals surface area contributed by atoms with Gasteiger partial charge in [0.05, 0.1) is 18.8 Å². The summed E-state index contributed by atoms with van der Waals surface area (Å²) in [4.78, 5) is 17.4. The van der Waals surface area contributed by atoms with Gasteiger partial charge in [0.1, 0.15) is 11.9 Å². The van der Waals surface area contributed by atoms with Crippen LogP contribution in [-0.2, 0) is 4.74 Å². The largest absolute Gasteiger partial charge is 0.442 e. The van der Waals surface area contributed by atoms with Crippen molar-refractivity contribution in [3.63, 3.8) is 0 Å². The predicted octanol–water partition coefficient (Wildman–Crippen LogP) is 2.23. The summed E-state index contributed by atoms with van der Waals surface area (Å²) < 4.78 is 19.7. The van der Waals surface area contributed by atoms with Crippen molar-refractivity contribution in [2.75, 3.05) is 18.0 Å². The first kappa shape index (κ1) is 15.8. The fourth-order valence-electron chi connectivity index (χ4n) is 2.53. The monoisotopic (exact) mass is 328 g/mol. The number of hydrogen-bond acceptors (Lipinski definition) is 5. The number of rotatable bonds is 5. The van der Waals surface area contributed by atoms with E-state index in [2.05, 4.69) is 10.3 Å². The van der Waals surface area contributed by atoms with Gasteiger partial charge in [0.25, 0.3) is 0 Å². The summed E-state index contributed by atoms with van der Waals surface area (Å²) >= 11 is 0. The molecule has 0 aliphatic carbocycles. The van der Waals surface area contributed by atoms with Crippen LogP contribution in [0.15, 0.2) is 55.1 Å². The van der Waals surface area contributed by atoms with Crippen LogP contribution >= 0.6 is 0 Å². The molecule has 0 radical (unpaired) electrons. The van der Waals surface area contributed by atoms with Gasteiger partial charge in [-0.25, -0.2) is 9.18 Å². The first-order chi connectivity index (χ1) is 11.7. The minimum Gasteiger partial charge on any atom is -0.442 e. The number of ether oxygens (including phenoxy) is 1. The molecule has 1 unspecified atom stereocenters. The highest BCUT2D eigenvalue weighted by Gasteiger charge is 2.32. The first-order valence-corrected chi connectivity index (χ1v) is 7.47. The molecule has 3 N–H and O–H groups in total. The zero-order chi connectivity index (χ0) is 16.9. The Morgan fingerprint density at radius 2 is 2.33 bits per heavy atom. The fraction of sp³-hybridized carbons (Fsp3) is 0.176. The van der Waals surface area contributed by atoms with Crippen molar-refractivity contribution < 1.29 is 13.9 Å². The number of cyclic esters (lactones) is 1. The molecule has 1 aromatic carbocycles. The van der Waals surface area contributed by atoms with Crippen LogP contribution < -0.4 is 16.0 Å². The second kappa shape index (κ2) is 6.99. The van der Waals surface area contributed by atoms with E-state index in [1.165, 1.54) is 17.2 Å². The predicted molar refractivity (Wildman–Crippen MR) is 88.6 cm³/mol. The standard InChI is InChI=1S/C17H17FN4O2/c18-16-8-13(3-4-15(16)12-2-1-6-20-9-12)22-11-14(24-17(22)23)10-21-7-5-19/h1-9,14,21H,10-11,19H2/b7-5-. The molecule has 1 atom stereocenters. The van der Waals surface area contributed by atoms with Gasteiger partial charge in [0, 0.05) is 35.9 Å². The molecule has 2 heterocycles. The van der Waals surface area contributed by atoms with Crippen molar-refractivity contribution in [2.24, 2.45) is 5.73 Å². The van der Waals surface area contributed by atoms with Crippen LogP contribution in [0, 0.1) is 5.82 Å². The van der Waals surface area contributed by atoms with E-state index in [4.69, 9.17) is 10.5 Å². The minimum atomic E-state index is -0.493. The average molecular weight is 328 g/mol. The number of hydrogen-bond donors (Lipinski definition) is 2. The Balaban J connectivity index is 1.76. The van der Waals surface area contributed by atoms with Gasteiger partial charge in [0.15, 0.2) is 0 Å². The molecule has 0 spiro atoms. The van der Waals surface area contributed by atoms with Gasteiger partial charge in [-0.3, -0.25) is 9.88 Å². The maximum Gasteiger partial charge on any atom is 0.414 e. The molecule has 124 valence electrons. The van der Waals surface area contributed by atoms with E-state index in [-0.39, 0.29) is 6.10 Å². The molecule has 7 heteroatoms.